The number of Topliss-reactive ketones (excluding diaryl/α,β-unsaturated/α-hetero) is 1. The second-order valence-electron chi connectivity index (χ2n) is 6.85. The predicted molar refractivity (Wildman–Crippen MR) is 93.3 cm³/mol. The summed E-state index contributed by atoms with van der Waals surface area (Å²) < 4.78 is 11.4. The van der Waals surface area contributed by atoms with Crippen molar-refractivity contribution in [3.05, 3.63) is 23.8 Å². The van der Waals surface area contributed by atoms with Crippen molar-refractivity contribution in [2.24, 2.45) is 11.8 Å². The van der Waals surface area contributed by atoms with Crippen LogP contribution in [0.15, 0.2) is 18.2 Å². The van der Waals surface area contributed by atoms with Crippen molar-refractivity contribution < 1.29 is 14.3 Å². The average Bonchev–Trinajstić information content (AvgIpc) is 2.54. The molecule has 3 heteroatoms. The number of benzene rings is 1. The highest BCUT2D eigenvalue weighted by atomic mass is 16.5. The molecule has 3 atom stereocenters. The molecule has 0 N–H and O–H groups in total. The van der Waals surface area contributed by atoms with Gasteiger partial charge in [0.2, 0.25) is 0 Å². The first-order valence-corrected chi connectivity index (χ1v) is 8.87. The van der Waals surface area contributed by atoms with E-state index in [1.807, 2.05) is 12.1 Å². The Labute approximate surface area is 140 Å². The van der Waals surface area contributed by atoms with Crippen molar-refractivity contribution in [2.75, 3.05) is 13.7 Å². The molecule has 23 heavy (non-hydrogen) atoms. The van der Waals surface area contributed by atoms with Gasteiger partial charge in [-0.15, -0.1) is 0 Å². The maximum Gasteiger partial charge on any atom is 0.129 e. The van der Waals surface area contributed by atoms with E-state index in [4.69, 9.17) is 9.47 Å². The van der Waals surface area contributed by atoms with Crippen LogP contribution >= 0.6 is 0 Å². The first-order chi connectivity index (χ1) is 11.1. The molecule has 3 nitrogen and oxygen atoms in total. The van der Waals surface area contributed by atoms with Crippen molar-refractivity contribution in [1.82, 2.24) is 0 Å². The summed E-state index contributed by atoms with van der Waals surface area (Å²) in [6.07, 6.45) is 5.14. The van der Waals surface area contributed by atoms with Gasteiger partial charge in [-0.25, -0.2) is 0 Å². The molecule has 2 rings (SSSR count). The topological polar surface area (TPSA) is 35.5 Å². The molecule has 0 spiro atoms. The lowest BCUT2D eigenvalue weighted by Gasteiger charge is -2.37. The summed E-state index contributed by atoms with van der Waals surface area (Å²) in [5.41, 5.74) is 1.32. The molecule has 0 aliphatic carbocycles. The summed E-state index contributed by atoms with van der Waals surface area (Å²) in [6.45, 7) is 7.01. The number of fused-ring (bicyclic) bond motifs is 1. The van der Waals surface area contributed by atoms with E-state index in [1.165, 1.54) is 18.4 Å². The maximum atomic E-state index is 11.2. The second kappa shape index (κ2) is 8.37. The number of methoxy groups -OCH3 is 1. The summed E-state index contributed by atoms with van der Waals surface area (Å²) in [7, 11) is 1.69. The third-order valence-corrected chi connectivity index (χ3v) is 5.09. The van der Waals surface area contributed by atoms with Gasteiger partial charge in [-0.05, 0) is 49.7 Å². The number of hydrogen-bond acceptors (Lipinski definition) is 3. The van der Waals surface area contributed by atoms with Crippen LogP contribution < -0.4 is 9.47 Å². The number of ether oxygens (including phenoxy) is 2. The standard InChI is InChI=1S/C20H30O3/c1-5-7-17-18-11-10-16(22-4)12-20(18)23-13-19(17)14(2)8-6-9-15(3)21/h10-12,14,17,19H,5-9,13H2,1-4H3/t14-,17+,19+/m0/s1. The summed E-state index contributed by atoms with van der Waals surface area (Å²) >= 11 is 0. The number of hydrogen-bond donors (Lipinski definition) is 0. The van der Waals surface area contributed by atoms with Crippen molar-refractivity contribution in [3.63, 3.8) is 0 Å². The molecule has 0 bridgehead atoms. The van der Waals surface area contributed by atoms with Crippen LogP contribution in [0.3, 0.4) is 0 Å². The van der Waals surface area contributed by atoms with E-state index < -0.39 is 0 Å². The van der Waals surface area contributed by atoms with Crippen molar-refractivity contribution in [2.45, 2.75) is 58.8 Å². The van der Waals surface area contributed by atoms with Gasteiger partial charge in [-0.2, -0.15) is 0 Å². The minimum atomic E-state index is 0.291. The summed E-state index contributed by atoms with van der Waals surface area (Å²) in [5.74, 6) is 3.77. The molecule has 0 aromatic heterocycles. The van der Waals surface area contributed by atoms with E-state index in [0.29, 0.717) is 30.0 Å². The number of rotatable bonds is 8. The van der Waals surface area contributed by atoms with Crippen LogP contribution in [0.25, 0.3) is 0 Å². The fraction of sp³-hybridized carbons (Fsp3) is 0.650. The van der Waals surface area contributed by atoms with E-state index in [-0.39, 0.29) is 0 Å². The normalized spacial score (nSPS) is 21.2. The third-order valence-electron chi connectivity index (χ3n) is 5.09. The van der Waals surface area contributed by atoms with Crippen molar-refractivity contribution in [1.29, 1.82) is 0 Å². The highest BCUT2D eigenvalue weighted by Crippen LogP contribution is 2.44. The molecule has 0 saturated carbocycles. The Morgan fingerprint density at radius 3 is 2.87 bits per heavy atom. The van der Waals surface area contributed by atoms with E-state index in [0.717, 1.165) is 30.9 Å². The first-order valence-electron chi connectivity index (χ1n) is 8.87. The minimum absolute atomic E-state index is 0.291. The first kappa shape index (κ1) is 17.8. The molecule has 0 radical (unpaired) electrons. The third kappa shape index (κ3) is 4.49. The summed E-state index contributed by atoms with van der Waals surface area (Å²) in [6, 6.07) is 6.21. The van der Waals surface area contributed by atoms with Gasteiger partial charge in [-0.1, -0.05) is 26.3 Å². The quantitative estimate of drug-likeness (QED) is 0.678. The zero-order valence-corrected chi connectivity index (χ0v) is 14.9. The molecule has 0 unspecified atom stereocenters. The highest BCUT2D eigenvalue weighted by Gasteiger charge is 2.33. The van der Waals surface area contributed by atoms with Crippen LogP contribution in [0.2, 0.25) is 0 Å². The molecule has 128 valence electrons. The molecule has 0 amide bonds. The van der Waals surface area contributed by atoms with Gasteiger partial charge >= 0.3 is 0 Å². The van der Waals surface area contributed by atoms with Gasteiger partial charge in [0.15, 0.2) is 0 Å². The highest BCUT2D eigenvalue weighted by molar-refractivity contribution is 5.75. The van der Waals surface area contributed by atoms with Crippen LogP contribution in [-0.4, -0.2) is 19.5 Å². The Morgan fingerprint density at radius 1 is 1.43 bits per heavy atom. The minimum Gasteiger partial charge on any atom is -0.497 e. The Bertz CT molecular complexity index is 524. The van der Waals surface area contributed by atoms with Crippen LogP contribution in [0.1, 0.15) is 64.4 Å². The van der Waals surface area contributed by atoms with Crippen LogP contribution in [-0.2, 0) is 4.79 Å². The lowest BCUT2D eigenvalue weighted by Crippen LogP contribution is -2.31. The van der Waals surface area contributed by atoms with Crippen LogP contribution in [0.4, 0.5) is 0 Å². The monoisotopic (exact) mass is 318 g/mol. The van der Waals surface area contributed by atoms with E-state index in [9.17, 15) is 4.79 Å². The molecule has 1 aliphatic heterocycles. The van der Waals surface area contributed by atoms with Crippen LogP contribution in [0, 0.1) is 11.8 Å². The Balaban J connectivity index is 2.12. The van der Waals surface area contributed by atoms with Gasteiger partial charge in [0, 0.05) is 18.4 Å². The number of carbonyl (C=O) groups is 1. The van der Waals surface area contributed by atoms with Gasteiger partial charge in [-0.3, -0.25) is 0 Å². The van der Waals surface area contributed by atoms with Crippen molar-refractivity contribution >= 4 is 5.78 Å². The van der Waals surface area contributed by atoms with E-state index in [2.05, 4.69) is 19.9 Å². The zero-order chi connectivity index (χ0) is 16.8. The van der Waals surface area contributed by atoms with Gasteiger partial charge in [0.05, 0.1) is 13.7 Å². The Hall–Kier alpha value is -1.51. The molecular formula is C20H30O3. The molecule has 1 heterocycles. The number of ketones is 1. The fourth-order valence-corrected chi connectivity index (χ4v) is 3.73. The SMILES string of the molecule is CCC[C@@H]1c2ccc(OC)cc2OC[C@@H]1[C@@H](C)CCCC(C)=O. The smallest absolute Gasteiger partial charge is 0.129 e. The van der Waals surface area contributed by atoms with Gasteiger partial charge in [0.1, 0.15) is 17.3 Å². The lowest BCUT2D eigenvalue weighted by molar-refractivity contribution is -0.117. The largest absolute Gasteiger partial charge is 0.497 e. The molecular weight excluding hydrogens is 288 g/mol. The molecule has 0 fully saturated rings. The molecule has 1 aliphatic rings. The molecule has 1 aromatic rings. The molecule has 1 aromatic carbocycles. The van der Waals surface area contributed by atoms with Crippen molar-refractivity contribution in [3.8, 4) is 11.5 Å². The lowest BCUT2D eigenvalue weighted by atomic mass is 9.73. The summed E-state index contributed by atoms with van der Waals surface area (Å²) in [4.78, 5) is 11.2. The van der Waals surface area contributed by atoms with E-state index in [1.54, 1.807) is 14.0 Å². The predicted octanol–water partition coefficient (Wildman–Crippen LogP) is 4.98. The average molecular weight is 318 g/mol. The Kier molecular flexibility index (Phi) is 6.49. The second-order valence-corrected chi connectivity index (χ2v) is 6.85. The van der Waals surface area contributed by atoms with Gasteiger partial charge < -0.3 is 14.3 Å². The maximum absolute atomic E-state index is 11.2. The zero-order valence-electron chi connectivity index (χ0n) is 14.9. The summed E-state index contributed by atoms with van der Waals surface area (Å²) in [5, 5.41) is 0. The number of carbonyl (C=O) groups excluding carboxylic acids is 1. The van der Waals surface area contributed by atoms with Gasteiger partial charge in [0.25, 0.3) is 0 Å². The fourth-order valence-electron chi connectivity index (χ4n) is 3.73. The van der Waals surface area contributed by atoms with Crippen LogP contribution in [0.5, 0.6) is 11.5 Å². The molecule has 0 saturated heterocycles. The Morgan fingerprint density at radius 2 is 2.22 bits per heavy atom. The van der Waals surface area contributed by atoms with E-state index >= 15 is 0 Å².